The molecule has 1 spiro atoms. The van der Waals surface area contributed by atoms with Crippen LogP contribution < -0.4 is 5.73 Å². The maximum absolute atomic E-state index is 6.21. The first-order valence-electron chi connectivity index (χ1n) is 7.84. The molecule has 3 nitrogen and oxygen atoms in total. The summed E-state index contributed by atoms with van der Waals surface area (Å²) in [7, 11) is 0. The zero-order valence-corrected chi connectivity index (χ0v) is 11.7. The summed E-state index contributed by atoms with van der Waals surface area (Å²) in [5, 5.41) is 0. The van der Waals surface area contributed by atoms with E-state index in [1.54, 1.807) is 0 Å². The highest BCUT2D eigenvalue weighted by atomic mass is 15.4. The molecule has 0 unspecified atom stereocenters. The first-order valence-corrected chi connectivity index (χ1v) is 7.84. The van der Waals surface area contributed by atoms with Crippen LogP contribution in [0.4, 0.5) is 0 Å². The zero-order chi connectivity index (χ0) is 12.6. The van der Waals surface area contributed by atoms with Gasteiger partial charge < -0.3 is 10.6 Å². The van der Waals surface area contributed by atoms with Crippen LogP contribution in [0.3, 0.4) is 0 Å². The molecule has 0 aromatic heterocycles. The molecular weight excluding hydrogens is 222 g/mol. The minimum Gasteiger partial charge on any atom is -0.370 e. The molecule has 1 aliphatic heterocycles. The minimum absolute atomic E-state index is 0.310. The van der Waals surface area contributed by atoms with E-state index in [4.69, 9.17) is 5.73 Å². The lowest BCUT2D eigenvalue weighted by molar-refractivity contribution is 0.0841. The van der Waals surface area contributed by atoms with Gasteiger partial charge in [-0.25, -0.2) is 0 Å². The van der Waals surface area contributed by atoms with Crippen LogP contribution in [0, 0.1) is 5.92 Å². The summed E-state index contributed by atoms with van der Waals surface area (Å²) in [5.41, 5.74) is 6.52. The van der Waals surface area contributed by atoms with E-state index in [-0.39, 0.29) is 0 Å². The monoisotopic (exact) mass is 249 g/mol. The van der Waals surface area contributed by atoms with Crippen molar-refractivity contribution in [2.45, 2.75) is 76.3 Å². The highest BCUT2D eigenvalue weighted by Gasteiger charge is 2.47. The average Bonchev–Trinajstić information content (AvgIpc) is 3.00. The fraction of sp³-hybridized carbons (Fsp3) is 0.933. The zero-order valence-electron chi connectivity index (χ0n) is 11.7. The number of rotatable bonds is 2. The Morgan fingerprint density at radius 3 is 2.50 bits per heavy atom. The van der Waals surface area contributed by atoms with Gasteiger partial charge in [0.2, 0.25) is 0 Å². The van der Waals surface area contributed by atoms with Crippen LogP contribution >= 0.6 is 0 Å². The molecule has 3 aliphatic rings. The van der Waals surface area contributed by atoms with Gasteiger partial charge in [-0.2, -0.15) is 0 Å². The van der Waals surface area contributed by atoms with E-state index in [9.17, 15) is 0 Å². The second kappa shape index (κ2) is 4.75. The van der Waals surface area contributed by atoms with Gasteiger partial charge in [-0.1, -0.05) is 26.2 Å². The van der Waals surface area contributed by atoms with E-state index in [0.29, 0.717) is 11.6 Å². The lowest BCUT2D eigenvalue weighted by atomic mass is 9.74. The van der Waals surface area contributed by atoms with Crippen molar-refractivity contribution in [3.63, 3.8) is 0 Å². The van der Waals surface area contributed by atoms with Crippen LogP contribution in [0.2, 0.25) is 0 Å². The Morgan fingerprint density at radius 1 is 1.22 bits per heavy atom. The quantitative estimate of drug-likeness (QED) is 0.817. The van der Waals surface area contributed by atoms with Crippen LogP contribution in [0.5, 0.6) is 0 Å². The van der Waals surface area contributed by atoms with Crippen molar-refractivity contribution in [3.05, 3.63) is 0 Å². The van der Waals surface area contributed by atoms with E-state index in [2.05, 4.69) is 16.8 Å². The molecule has 0 aromatic rings. The molecule has 0 saturated heterocycles. The molecule has 102 valence electrons. The largest absolute Gasteiger partial charge is 0.370 e. The molecule has 2 saturated carbocycles. The fourth-order valence-corrected chi connectivity index (χ4v) is 4.38. The molecular formula is C15H27N3. The summed E-state index contributed by atoms with van der Waals surface area (Å²) >= 11 is 0. The third-order valence-corrected chi connectivity index (χ3v) is 5.60. The SMILES string of the molecule is CCC1CCC2(CC1)CN=C(N)N2C1CCCC1. The predicted octanol–water partition coefficient (Wildman–Crippen LogP) is 2.90. The van der Waals surface area contributed by atoms with E-state index >= 15 is 0 Å². The van der Waals surface area contributed by atoms with E-state index in [1.165, 1.54) is 57.8 Å². The summed E-state index contributed by atoms with van der Waals surface area (Å²) in [4.78, 5) is 7.16. The average molecular weight is 249 g/mol. The fourth-order valence-electron chi connectivity index (χ4n) is 4.38. The van der Waals surface area contributed by atoms with Crippen molar-refractivity contribution in [1.82, 2.24) is 4.90 Å². The number of nitrogens with two attached hydrogens (primary N) is 1. The Morgan fingerprint density at radius 2 is 1.89 bits per heavy atom. The van der Waals surface area contributed by atoms with Crippen LogP contribution in [0.15, 0.2) is 4.99 Å². The first kappa shape index (κ1) is 12.3. The van der Waals surface area contributed by atoms with Gasteiger partial charge in [-0.05, 0) is 44.4 Å². The lowest BCUT2D eigenvalue weighted by Crippen LogP contribution is -2.57. The van der Waals surface area contributed by atoms with Gasteiger partial charge in [0.05, 0.1) is 12.1 Å². The van der Waals surface area contributed by atoms with Crippen molar-refractivity contribution in [2.75, 3.05) is 6.54 Å². The van der Waals surface area contributed by atoms with Crippen molar-refractivity contribution in [1.29, 1.82) is 0 Å². The summed E-state index contributed by atoms with van der Waals surface area (Å²) in [6, 6.07) is 0.689. The van der Waals surface area contributed by atoms with Crippen molar-refractivity contribution < 1.29 is 0 Å². The molecule has 18 heavy (non-hydrogen) atoms. The van der Waals surface area contributed by atoms with Crippen molar-refractivity contribution in [2.24, 2.45) is 16.6 Å². The molecule has 3 rings (SSSR count). The third-order valence-electron chi connectivity index (χ3n) is 5.60. The summed E-state index contributed by atoms with van der Waals surface area (Å²) in [6.45, 7) is 3.29. The summed E-state index contributed by atoms with van der Waals surface area (Å²) < 4.78 is 0. The smallest absolute Gasteiger partial charge is 0.192 e. The third kappa shape index (κ3) is 1.92. The van der Waals surface area contributed by atoms with Gasteiger partial charge in [0, 0.05) is 6.04 Å². The van der Waals surface area contributed by atoms with Crippen LogP contribution in [0.1, 0.15) is 64.7 Å². The topological polar surface area (TPSA) is 41.6 Å². The highest BCUT2D eigenvalue weighted by Crippen LogP contribution is 2.43. The minimum atomic E-state index is 0.310. The Labute approximate surface area is 111 Å². The number of hydrogen-bond acceptors (Lipinski definition) is 3. The predicted molar refractivity (Wildman–Crippen MR) is 75.6 cm³/mol. The Kier molecular flexibility index (Phi) is 3.25. The van der Waals surface area contributed by atoms with Crippen LogP contribution in [0.25, 0.3) is 0 Å². The molecule has 2 N–H and O–H groups in total. The van der Waals surface area contributed by atoms with E-state index in [1.807, 2.05) is 0 Å². The van der Waals surface area contributed by atoms with Gasteiger partial charge in [0.25, 0.3) is 0 Å². The van der Waals surface area contributed by atoms with Gasteiger partial charge in [0.1, 0.15) is 0 Å². The normalized spacial score (nSPS) is 37.5. The molecule has 0 atom stereocenters. The Bertz CT molecular complexity index is 323. The van der Waals surface area contributed by atoms with Gasteiger partial charge in [-0.3, -0.25) is 4.99 Å². The second-order valence-electron chi connectivity index (χ2n) is 6.56. The first-order chi connectivity index (χ1) is 8.75. The molecule has 0 aromatic carbocycles. The molecule has 1 heterocycles. The van der Waals surface area contributed by atoms with Crippen LogP contribution in [-0.2, 0) is 0 Å². The lowest BCUT2D eigenvalue weighted by Gasteiger charge is -2.47. The molecule has 0 amide bonds. The molecule has 2 fully saturated rings. The highest BCUT2D eigenvalue weighted by molar-refractivity contribution is 5.81. The maximum Gasteiger partial charge on any atom is 0.192 e. The number of hydrogen-bond donors (Lipinski definition) is 1. The van der Waals surface area contributed by atoms with Gasteiger partial charge in [0.15, 0.2) is 5.96 Å². The molecule has 0 bridgehead atoms. The molecule has 0 radical (unpaired) electrons. The van der Waals surface area contributed by atoms with Gasteiger partial charge in [-0.15, -0.1) is 0 Å². The number of aliphatic imine (C=N–C) groups is 1. The van der Waals surface area contributed by atoms with Gasteiger partial charge >= 0.3 is 0 Å². The second-order valence-corrected chi connectivity index (χ2v) is 6.56. The Balaban J connectivity index is 1.75. The van der Waals surface area contributed by atoms with E-state index in [0.717, 1.165) is 18.4 Å². The maximum atomic E-state index is 6.21. The summed E-state index contributed by atoms with van der Waals surface area (Å²) in [5.74, 6) is 1.79. The standard InChI is InChI=1S/C15H27N3/c1-2-12-7-9-15(10-8-12)11-17-14(16)18(15)13-5-3-4-6-13/h12-13H,2-11H2,1H3,(H2,16,17). The summed E-state index contributed by atoms with van der Waals surface area (Å²) in [6.07, 6.45) is 12.1. The molecule has 2 aliphatic carbocycles. The van der Waals surface area contributed by atoms with Crippen molar-refractivity contribution in [3.8, 4) is 0 Å². The van der Waals surface area contributed by atoms with E-state index < -0.39 is 0 Å². The number of nitrogens with zero attached hydrogens (tertiary/aromatic N) is 2. The number of guanidine groups is 1. The van der Waals surface area contributed by atoms with Crippen LogP contribution in [-0.4, -0.2) is 29.0 Å². The van der Waals surface area contributed by atoms with Crippen molar-refractivity contribution >= 4 is 5.96 Å². The Hall–Kier alpha value is -0.730. The molecule has 3 heteroatoms.